The predicted octanol–water partition coefficient (Wildman–Crippen LogP) is 5.60. The smallest absolute Gasteiger partial charge is 0.295 e. The number of carbonyl (C=O) groups is 2. The minimum Gasteiger partial charge on any atom is -0.507 e. The number of carbonyl (C=O) groups excluding carboxylic acids is 2. The van der Waals surface area contributed by atoms with E-state index in [-0.39, 0.29) is 11.3 Å². The zero-order chi connectivity index (χ0) is 26.5. The number of ketones is 1. The van der Waals surface area contributed by atoms with Crippen LogP contribution in [0.25, 0.3) is 5.76 Å². The van der Waals surface area contributed by atoms with Crippen molar-refractivity contribution in [1.82, 2.24) is 9.80 Å². The van der Waals surface area contributed by atoms with E-state index in [1.165, 1.54) is 4.90 Å². The molecule has 4 rings (SSSR count). The van der Waals surface area contributed by atoms with Gasteiger partial charge in [-0.1, -0.05) is 48.0 Å². The molecule has 1 aliphatic rings. The molecular weight excluding hydrogens is 488 g/mol. The Morgan fingerprint density at radius 1 is 1.03 bits per heavy atom. The topological polar surface area (TPSA) is 70.1 Å². The van der Waals surface area contributed by atoms with Crippen molar-refractivity contribution in [1.29, 1.82) is 0 Å². The van der Waals surface area contributed by atoms with E-state index >= 15 is 0 Å². The summed E-state index contributed by atoms with van der Waals surface area (Å²) in [6.07, 6.45) is 0.685. The minimum atomic E-state index is -0.724. The van der Waals surface area contributed by atoms with E-state index in [9.17, 15) is 14.7 Å². The molecule has 0 spiro atoms. The molecule has 1 saturated heterocycles. The maximum atomic E-state index is 13.2. The molecule has 3 aromatic rings. The molecule has 6 nitrogen and oxygen atoms in total. The third-order valence-corrected chi connectivity index (χ3v) is 6.73. The van der Waals surface area contributed by atoms with Gasteiger partial charge in [-0.2, -0.15) is 0 Å². The lowest BCUT2D eigenvalue weighted by atomic mass is 9.95. The van der Waals surface area contributed by atoms with Crippen molar-refractivity contribution in [3.63, 3.8) is 0 Å². The summed E-state index contributed by atoms with van der Waals surface area (Å²) >= 11 is 6.25. The number of likely N-dealkylation sites (tertiary alicyclic amines) is 1. The van der Waals surface area contributed by atoms with E-state index in [0.717, 1.165) is 17.7 Å². The molecule has 0 aromatic heterocycles. The molecule has 1 aliphatic heterocycles. The number of benzene rings is 3. The van der Waals surface area contributed by atoms with Gasteiger partial charge in [0.25, 0.3) is 11.7 Å². The lowest BCUT2D eigenvalue weighted by Gasteiger charge is -2.26. The molecule has 0 radical (unpaired) electrons. The standard InChI is InChI=1S/C30H31ClN2O4/c1-20-8-4-5-9-23(20)19-37-25-14-12-21(13-15-25)28(34)26-27(22-10-6-11-24(31)18-22)33(30(36)29(26)35)17-7-16-32(2)3/h4-6,8-15,18,27,34H,7,16-17,19H2,1-3H3/b28-26+. The fourth-order valence-corrected chi connectivity index (χ4v) is 4.69. The van der Waals surface area contributed by atoms with Crippen LogP contribution in [0.15, 0.2) is 78.4 Å². The number of aliphatic hydroxyl groups excluding tert-OH is 1. The van der Waals surface area contributed by atoms with Crippen molar-refractivity contribution in [2.75, 3.05) is 27.2 Å². The highest BCUT2D eigenvalue weighted by atomic mass is 35.5. The molecule has 1 heterocycles. The first-order valence-electron chi connectivity index (χ1n) is 12.2. The fraction of sp³-hybridized carbons (Fsp3) is 0.267. The number of rotatable bonds is 9. The number of ether oxygens (including phenoxy) is 1. The Morgan fingerprint density at radius 3 is 2.43 bits per heavy atom. The number of aliphatic hydroxyl groups is 1. The summed E-state index contributed by atoms with van der Waals surface area (Å²) < 4.78 is 5.91. The zero-order valence-electron chi connectivity index (χ0n) is 21.3. The number of hydrogen-bond acceptors (Lipinski definition) is 5. The Bertz CT molecular complexity index is 1320. The molecule has 1 amide bonds. The van der Waals surface area contributed by atoms with Gasteiger partial charge in [0.1, 0.15) is 18.1 Å². The van der Waals surface area contributed by atoms with Crippen LogP contribution in [0.5, 0.6) is 5.75 Å². The second-order valence-electron chi connectivity index (χ2n) is 9.44. The summed E-state index contributed by atoms with van der Waals surface area (Å²) in [4.78, 5) is 29.8. The van der Waals surface area contributed by atoms with Crippen molar-refractivity contribution in [3.8, 4) is 5.75 Å². The van der Waals surface area contributed by atoms with Gasteiger partial charge < -0.3 is 19.6 Å². The number of Topliss-reactive ketones (excluding diaryl/α,β-unsaturated/α-hetero) is 1. The quantitative estimate of drug-likeness (QED) is 0.227. The Kier molecular flexibility index (Phi) is 8.31. The number of aryl methyl sites for hydroxylation is 1. The van der Waals surface area contributed by atoms with E-state index in [0.29, 0.717) is 41.5 Å². The molecule has 37 heavy (non-hydrogen) atoms. The summed E-state index contributed by atoms with van der Waals surface area (Å²) in [5.41, 5.74) is 3.40. The largest absolute Gasteiger partial charge is 0.507 e. The van der Waals surface area contributed by atoms with Gasteiger partial charge >= 0.3 is 0 Å². The summed E-state index contributed by atoms with van der Waals surface area (Å²) in [5, 5.41) is 11.8. The monoisotopic (exact) mass is 518 g/mol. The Morgan fingerprint density at radius 2 is 1.76 bits per heavy atom. The lowest BCUT2D eigenvalue weighted by Crippen LogP contribution is -2.32. The molecule has 0 aliphatic carbocycles. The second-order valence-corrected chi connectivity index (χ2v) is 9.88. The third-order valence-electron chi connectivity index (χ3n) is 6.49. The van der Waals surface area contributed by atoms with Gasteiger partial charge in [-0.05, 0) is 87.1 Å². The van der Waals surface area contributed by atoms with Crippen LogP contribution in [-0.2, 0) is 16.2 Å². The van der Waals surface area contributed by atoms with Crippen molar-refractivity contribution >= 4 is 29.1 Å². The summed E-state index contributed by atoms with van der Waals surface area (Å²) in [5.74, 6) is -0.908. The summed E-state index contributed by atoms with van der Waals surface area (Å²) in [6.45, 7) is 3.59. The molecule has 1 unspecified atom stereocenters. The number of hydrogen-bond donors (Lipinski definition) is 1. The Labute approximate surface area is 222 Å². The van der Waals surface area contributed by atoms with Crippen molar-refractivity contribution in [2.45, 2.75) is 26.0 Å². The van der Waals surface area contributed by atoms with Gasteiger partial charge in [-0.3, -0.25) is 9.59 Å². The fourth-order valence-electron chi connectivity index (χ4n) is 4.49. The van der Waals surface area contributed by atoms with E-state index in [4.69, 9.17) is 16.3 Å². The molecule has 0 saturated carbocycles. The highest BCUT2D eigenvalue weighted by Crippen LogP contribution is 2.40. The molecule has 192 valence electrons. The molecule has 1 fully saturated rings. The first-order valence-corrected chi connectivity index (χ1v) is 12.6. The van der Waals surface area contributed by atoms with Crippen molar-refractivity contribution < 1.29 is 19.4 Å². The van der Waals surface area contributed by atoms with Crippen LogP contribution in [0, 0.1) is 6.92 Å². The molecule has 1 N–H and O–H groups in total. The third kappa shape index (κ3) is 6.04. The molecule has 7 heteroatoms. The van der Waals surface area contributed by atoms with Gasteiger partial charge in [0.05, 0.1) is 11.6 Å². The number of halogens is 1. The number of nitrogens with zero attached hydrogens (tertiary/aromatic N) is 2. The van der Waals surface area contributed by atoms with Crippen LogP contribution < -0.4 is 4.74 Å². The lowest BCUT2D eigenvalue weighted by molar-refractivity contribution is -0.139. The Hall–Kier alpha value is -3.61. The molecular formula is C30H31ClN2O4. The van der Waals surface area contributed by atoms with Crippen LogP contribution in [0.3, 0.4) is 0 Å². The van der Waals surface area contributed by atoms with Crippen LogP contribution in [0.4, 0.5) is 0 Å². The van der Waals surface area contributed by atoms with E-state index < -0.39 is 17.7 Å². The van der Waals surface area contributed by atoms with Crippen LogP contribution in [-0.4, -0.2) is 53.8 Å². The SMILES string of the molecule is Cc1ccccc1COc1ccc(/C(O)=C2\C(=O)C(=O)N(CCCN(C)C)C2c2cccc(Cl)c2)cc1. The maximum absolute atomic E-state index is 13.2. The van der Waals surface area contributed by atoms with Gasteiger partial charge in [-0.25, -0.2) is 0 Å². The average molecular weight is 519 g/mol. The van der Waals surface area contributed by atoms with Crippen molar-refractivity contribution in [3.05, 3.63) is 106 Å². The van der Waals surface area contributed by atoms with Gasteiger partial charge in [0.2, 0.25) is 0 Å². The van der Waals surface area contributed by atoms with E-state index in [2.05, 4.69) is 0 Å². The normalized spacial score (nSPS) is 17.0. The highest BCUT2D eigenvalue weighted by Gasteiger charge is 2.45. The van der Waals surface area contributed by atoms with Gasteiger partial charge in [-0.15, -0.1) is 0 Å². The van der Waals surface area contributed by atoms with Gasteiger partial charge in [0.15, 0.2) is 0 Å². The predicted molar refractivity (Wildman–Crippen MR) is 146 cm³/mol. The van der Waals surface area contributed by atoms with Crippen LogP contribution in [0.2, 0.25) is 5.02 Å². The van der Waals surface area contributed by atoms with Gasteiger partial charge in [0, 0.05) is 17.1 Å². The average Bonchev–Trinajstić information content (AvgIpc) is 3.13. The summed E-state index contributed by atoms with van der Waals surface area (Å²) in [7, 11) is 3.91. The number of amides is 1. The van der Waals surface area contributed by atoms with Crippen LogP contribution >= 0.6 is 11.6 Å². The van der Waals surface area contributed by atoms with Crippen LogP contribution in [0.1, 0.15) is 34.7 Å². The first kappa shape index (κ1) is 26.5. The first-order chi connectivity index (χ1) is 17.8. The highest BCUT2D eigenvalue weighted by molar-refractivity contribution is 6.46. The molecule has 1 atom stereocenters. The van der Waals surface area contributed by atoms with E-state index in [1.54, 1.807) is 42.5 Å². The van der Waals surface area contributed by atoms with E-state index in [1.807, 2.05) is 56.3 Å². The zero-order valence-corrected chi connectivity index (χ0v) is 22.0. The Balaban J connectivity index is 1.63. The second kappa shape index (κ2) is 11.6. The van der Waals surface area contributed by atoms with Crippen molar-refractivity contribution in [2.24, 2.45) is 0 Å². The summed E-state index contributed by atoms with van der Waals surface area (Å²) in [6, 6.07) is 21.2. The maximum Gasteiger partial charge on any atom is 0.295 e. The molecule has 3 aromatic carbocycles. The molecule has 0 bridgehead atoms. The minimum absolute atomic E-state index is 0.0608.